The molecule has 0 amide bonds. The monoisotopic (exact) mass is 550 g/mol. The van der Waals surface area contributed by atoms with Crippen molar-refractivity contribution in [1.29, 1.82) is 0 Å². The first-order chi connectivity index (χ1) is 18.1. The summed E-state index contributed by atoms with van der Waals surface area (Å²) < 4.78 is 38.4. The zero-order chi connectivity index (χ0) is 27.3. The summed E-state index contributed by atoms with van der Waals surface area (Å²) in [5.74, 6) is 0.660. The van der Waals surface area contributed by atoms with E-state index in [0.717, 1.165) is 94.3 Å². The lowest BCUT2D eigenvalue weighted by atomic mass is 10.0. The molecule has 1 N–H and O–H groups in total. The second-order valence-electron chi connectivity index (χ2n) is 9.83. The number of piperidine rings is 1. The molecule has 2 aliphatic heterocycles. The van der Waals surface area contributed by atoms with Gasteiger partial charge in [-0.1, -0.05) is 12.2 Å². The second-order valence-corrected chi connectivity index (χ2v) is 10.3. The molecule has 0 spiro atoms. The topological polar surface area (TPSA) is 77.8 Å². The number of anilines is 2. The third-order valence-electron chi connectivity index (χ3n) is 7.25. The van der Waals surface area contributed by atoms with Crippen LogP contribution in [0, 0.1) is 17.0 Å². The fraction of sp³-hybridized carbons (Fsp3) is 0.538. The highest BCUT2D eigenvalue weighted by Crippen LogP contribution is 2.30. The van der Waals surface area contributed by atoms with Crippen LogP contribution in [-0.2, 0) is 6.18 Å². The van der Waals surface area contributed by atoms with Gasteiger partial charge in [-0.2, -0.15) is 13.2 Å². The first-order valence-corrected chi connectivity index (χ1v) is 13.3. The van der Waals surface area contributed by atoms with Crippen molar-refractivity contribution in [3.8, 4) is 0 Å². The number of nitrogens with one attached hydrogen (secondary N) is 1. The zero-order valence-corrected chi connectivity index (χ0v) is 22.2. The SMILES string of the molecule is Cc1nc(NC2CCN(C(=S)CCCN3CCN(c4ccc(C(F)(F)F)cc4)CC3)CC2)ccc1[N+](=O)[O-]. The maximum atomic E-state index is 12.8. The van der Waals surface area contributed by atoms with Gasteiger partial charge in [-0.3, -0.25) is 15.0 Å². The number of thiocarbonyl (C=S) groups is 1. The number of aromatic nitrogens is 1. The van der Waals surface area contributed by atoms with Crippen molar-refractivity contribution >= 4 is 34.4 Å². The number of benzene rings is 1. The third kappa shape index (κ3) is 7.31. The minimum Gasteiger partial charge on any atom is -0.369 e. The Bertz CT molecular complexity index is 1110. The van der Waals surface area contributed by atoms with Gasteiger partial charge in [0, 0.05) is 57.1 Å². The lowest BCUT2D eigenvalue weighted by molar-refractivity contribution is -0.385. The van der Waals surface area contributed by atoms with Gasteiger partial charge in [0.15, 0.2) is 0 Å². The quantitative estimate of drug-likeness (QED) is 0.276. The highest BCUT2D eigenvalue weighted by Gasteiger charge is 2.30. The van der Waals surface area contributed by atoms with Crippen LogP contribution in [0.4, 0.5) is 30.4 Å². The first kappa shape index (κ1) is 28.0. The number of rotatable bonds is 8. The van der Waals surface area contributed by atoms with Gasteiger partial charge in [0.2, 0.25) is 0 Å². The number of likely N-dealkylation sites (tertiary alicyclic amines) is 1. The lowest BCUT2D eigenvalue weighted by Gasteiger charge is -2.37. The largest absolute Gasteiger partial charge is 0.416 e. The number of alkyl halides is 3. The molecule has 2 fully saturated rings. The summed E-state index contributed by atoms with van der Waals surface area (Å²) in [5.41, 5.74) is 0.639. The van der Waals surface area contributed by atoms with Gasteiger partial charge in [0.1, 0.15) is 11.5 Å². The smallest absolute Gasteiger partial charge is 0.369 e. The van der Waals surface area contributed by atoms with Gasteiger partial charge in [0.05, 0.1) is 15.5 Å². The Morgan fingerprint density at radius 2 is 1.74 bits per heavy atom. The molecule has 2 aromatic rings. The summed E-state index contributed by atoms with van der Waals surface area (Å²) in [5, 5.41) is 14.4. The van der Waals surface area contributed by atoms with E-state index in [9.17, 15) is 23.3 Å². The second kappa shape index (κ2) is 12.2. The molecule has 0 saturated carbocycles. The Hall–Kier alpha value is -2.99. The Morgan fingerprint density at radius 1 is 1.08 bits per heavy atom. The van der Waals surface area contributed by atoms with Crippen molar-refractivity contribution in [1.82, 2.24) is 14.8 Å². The molecule has 0 bridgehead atoms. The van der Waals surface area contributed by atoms with E-state index in [4.69, 9.17) is 12.2 Å². The van der Waals surface area contributed by atoms with E-state index in [1.165, 1.54) is 6.07 Å². The van der Waals surface area contributed by atoms with Crippen molar-refractivity contribution in [2.75, 3.05) is 56.0 Å². The molecule has 206 valence electrons. The van der Waals surface area contributed by atoms with Crippen LogP contribution in [0.25, 0.3) is 0 Å². The standard InChI is InChI=1S/C26H33F3N6O2S/c1-19-23(35(36)37)8-9-24(30-19)31-21-10-13-34(14-11-21)25(38)3-2-12-32-15-17-33(18-16-32)22-6-4-20(5-7-22)26(27,28)29/h4-9,21H,2-3,10-18H2,1H3,(H,30,31). The third-order valence-corrected chi connectivity index (χ3v) is 7.71. The normalized spacial score (nSPS) is 17.5. The van der Waals surface area contributed by atoms with Crippen molar-refractivity contribution in [3.63, 3.8) is 0 Å². The zero-order valence-electron chi connectivity index (χ0n) is 21.4. The molecular weight excluding hydrogens is 517 g/mol. The Labute approximate surface area is 226 Å². The van der Waals surface area contributed by atoms with Crippen molar-refractivity contribution < 1.29 is 18.1 Å². The van der Waals surface area contributed by atoms with E-state index in [-0.39, 0.29) is 11.7 Å². The molecule has 3 heterocycles. The van der Waals surface area contributed by atoms with Crippen LogP contribution in [0.1, 0.15) is 36.9 Å². The molecule has 0 radical (unpaired) electrons. The van der Waals surface area contributed by atoms with Crippen molar-refractivity contribution in [2.45, 2.75) is 44.8 Å². The van der Waals surface area contributed by atoms with Gasteiger partial charge < -0.3 is 15.1 Å². The van der Waals surface area contributed by atoms with Crippen LogP contribution in [0.3, 0.4) is 0 Å². The van der Waals surface area contributed by atoms with Gasteiger partial charge in [0.25, 0.3) is 5.69 Å². The van der Waals surface area contributed by atoms with Crippen LogP contribution in [0.15, 0.2) is 36.4 Å². The van der Waals surface area contributed by atoms with Gasteiger partial charge in [-0.15, -0.1) is 0 Å². The highest BCUT2D eigenvalue weighted by molar-refractivity contribution is 7.80. The number of nitrogens with zero attached hydrogens (tertiary/aromatic N) is 5. The summed E-state index contributed by atoms with van der Waals surface area (Å²) in [6.45, 7) is 7.66. The van der Waals surface area contributed by atoms with E-state index in [1.54, 1.807) is 25.1 Å². The fourth-order valence-corrected chi connectivity index (χ4v) is 5.34. The molecule has 8 nitrogen and oxygen atoms in total. The number of hydrogen-bond acceptors (Lipinski definition) is 7. The lowest BCUT2D eigenvalue weighted by Crippen LogP contribution is -2.47. The number of hydrogen-bond donors (Lipinski definition) is 1. The fourth-order valence-electron chi connectivity index (χ4n) is 5.01. The number of aryl methyl sites for hydroxylation is 1. The molecule has 38 heavy (non-hydrogen) atoms. The summed E-state index contributed by atoms with van der Waals surface area (Å²) in [4.78, 5) is 22.7. The van der Waals surface area contributed by atoms with Crippen LogP contribution >= 0.6 is 12.2 Å². The maximum absolute atomic E-state index is 12.8. The van der Waals surface area contributed by atoms with Crippen LogP contribution < -0.4 is 10.2 Å². The molecule has 4 rings (SSSR count). The predicted octanol–water partition coefficient (Wildman–Crippen LogP) is 5.12. The van der Waals surface area contributed by atoms with E-state index in [2.05, 4.69) is 25.0 Å². The number of piperazine rings is 1. The molecule has 2 aliphatic rings. The minimum atomic E-state index is -4.31. The molecule has 2 saturated heterocycles. The van der Waals surface area contributed by atoms with Crippen LogP contribution in [-0.4, -0.2) is 76.6 Å². The van der Waals surface area contributed by atoms with Gasteiger partial charge in [-0.25, -0.2) is 4.98 Å². The molecule has 12 heteroatoms. The number of nitro groups is 1. The van der Waals surface area contributed by atoms with E-state index in [1.807, 2.05) is 0 Å². The average molecular weight is 551 g/mol. The molecule has 0 aliphatic carbocycles. The molecule has 1 aromatic heterocycles. The minimum absolute atomic E-state index is 0.0248. The molecule has 1 aromatic carbocycles. The molecular formula is C26H33F3N6O2S. The van der Waals surface area contributed by atoms with E-state index >= 15 is 0 Å². The summed E-state index contributed by atoms with van der Waals surface area (Å²) >= 11 is 5.71. The highest BCUT2D eigenvalue weighted by atomic mass is 32.1. The van der Waals surface area contributed by atoms with Crippen molar-refractivity contribution in [2.24, 2.45) is 0 Å². The number of halogens is 3. The predicted molar refractivity (Wildman–Crippen MR) is 146 cm³/mol. The molecule has 0 unspecified atom stereocenters. The summed E-state index contributed by atoms with van der Waals surface area (Å²) in [7, 11) is 0. The van der Waals surface area contributed by atoms with E-state index in [0.29, 0.717) is 11.5 Å². The maximum Gasteiger partial charge on any atom is 0.416 e. The van der Waals surface area contributed by atoms with E-state index < -0.39 is 16.7 Å². The van der Waals surface area contributed by atoms with Gasteiger partial charge in [-0.05, 0) is 69.5 Å². The Kier molecular flexibility index (Phi) is 9.03. The summed E-state index contributed by atoms with van der Waals surface area (Å²) in [6.07, 6.45) is -0.636. The number of pyridine rings is 1. The Morgan fingerprint density at radius 3 is 2.32 bits per heavy atom. The van der Waals surface area contributed by atoms with Gasteiger partial charge >= 0.3 is 6.18 Å². The first-order valence-electron chi connectivity index (χ1n) is 12.9. The summed E-state index contributed by atoms with van der Waals surface area (Å²) in [6, 6.07) is 8.81. The van der Waals surface area contributed by atoms with Crippen LogP contribution in [0.5, 0.6) is 0 Å². The Balaban J connectivity index is 1.13. The van der Waals surface area contributed by atoms with Crippen molar-refractivity contribution in [3.05, 3.63) is 57.8 Å². The van der Waals surface area contributed by atoms with Crippen LogP contribution in [0.2, 0.25) is 0 Å². The average Bonchev–Trinajstić information content (AvgIpc) is 2.89. The molecule has 0 atom stereocenters.